The van der Waals surface area contributed by atoms with Crippen LogP contribution < -0.4 is 0 Å². The third-order valence-electron chi connectivity index (χ3n) is 9.39. The van der Waals surface area contributed by atoms with Crippen molar-refractivity contribution in [2.45, 2.75) is 245 Å². The van der Waals surface area contributed by atoms with Gasteiger partial charge >= 0.3 is 8.25 Å². The molecule has 0 rings (SSSR count). The Hall–Kier alpha value is 0.0200. The second-order valence-electron chi connectivity index (χ2n) is 13.9. The predicted octanol–water partition coefficient (Wildman–Crippen LogP) is 15.8. The maximum Gasteiger partial charge on any atom is 0.697 e. The first kappa shape index (κ1) is 44.0. The molecule has 0 aliphatic carbocycles. The molecule has 0 aromatic heterocycles. The predicted molar refractivity (Wildman–Crippen MR) is 197 cm³/mol. The SMILES string of the molecule is CCCCCCCCCCCCCCCCCCCCO[P+](=O)OCCCCCCCCCCCCCCCCCCCC. The molecule has 0 bridgehead atoms. The average molecular weight is 642 g/mol. The van der Waals surface area contributed by atoms with Crippen molar-refractivity contribution in [2.75, 3.05) is 13.2 Å². The molecular formula is C40H82O3P+. The van der Waals surface area contributed by atoms with Crippen molar-refractivity contribution in [3.05, 3.63) is 0 Å². The molecule has 0 N–H and O–H groups in total. The standard InChI is InChI=1S/C40H82O3P/c1-3-5-7-9-11-13-15-17-19-21-23-25-27-29-31-33-35-37-39-42-44(41)43-40-38-36-34-32-30-28-26-24-22-20-18-16-14-12-10-8-6-4-2/h3-40H2,1-2H3/q+1. The molecule has 0 aromatic rings. The van der Waals surface area contributed by atoms with Crippen LogP contribution in [0.1, 0.15) is 245 Å². The normalized spacial score (nSPS) is 11.5. The van der Waals surface area contributed by atoms with Gasteiger partial charge in [0, 0.05) is 4.57 Å². The van der Waals surface area contributed by atoms with Crippen LogP contribution in [0.4, 0.5) is 0 Å². The molecule has 0 atom stereocenters. The fraction of sp³-hybridized carbons (Fsp3) is 1.00. The van der Waals surface area contributed by atoms with Crippen molar-refractivity contribution >= 4 is 8.25 Å². The van der Waals surface area contributed by atoms with Crippen molar-refractivity contribution in [3.8, 4) is 0 Å². The van der Waals surface area contributed by atoms with Gasteiger partial charge in [0.05, 0.1) is 0 Å². The van der Waals surface area contributed by atoms with Crippen LogP contribution in [0.3, 0.4) is 0 Å². The van der Waals surface area contributed by atoms with Crippen molar-refractivity contribution in [2.24, 2.45) is 0 Å². The van der Waals surface area contributed by atoms with E-state index in [0.717, 1.165) is 12.8 Å². The highest BCUT2D eigenvalue weighted by atomic mass is 31.1. The van der Waals surface area contributed by atoms with Gasteiger partial charge in [-0.15, -0.1) is 9.05 Å². The molecule has 0 aliphatic heterocycles. The second kappa shape index (κ2) is 41.0. The molecule has 3 nitrogen and oxygen atoms in total. The molecule has 0 aromatic carbocycles. The van der Waals surface area contributed by atoms with Crippen molar-refractivity contribution in [1.82, 2.24) is 0 Å². The summed E-state index contributed by atoms with van der Waals surface area (Å²) in [5, 5.41) is 0. The molecule has 0 saturated heterocycles. The van der Waals surface area contributed by atoms with E-state index < -0.39 is 8.25 Å². The van der Waals surface area contributed by atoms with Gasteiger partial charge in [-0.25, -0.2) is 0 Å². The lowest BCUT2D eigenvalue weighted by Crippen LogP contribution is -1.92. The van der Waals surface area contributed by atoms with Gasteiger partial charge in [0.1, 0.15) is 13.2 Å². The Balaban J connectivity index is 3.14. The summed E-state index contributed by atoms with van der Waals surface area (Å²) in [6.07, 6.45) is 49.6. The summed E-state index contributed by atoms with van der Waals surface area (Å²) in [5.74, 6) is 0. The van der Waals surface area contributed by atoms with E-state index in [2.05, 4.69) is 13.8 Å². The quantitative estimate of drug-likeness (QED) is 0.0493. The lowest BCUT2D eigenvalue weighted by Gasteiger charge is -2.03. The fourth-order valence-corrected chi connectivity index (χ4v) is 6.95. The summed E-state index contributed by atoms with van der Waals surface area (Å²) in [6, 6.07) is 0. The zero-order valence-electron chi connectivity index (χ0n) is 30.5. The minimum Gasteiger partial charge on any atom is -0.119 e. The van der Waals surface area contributed by atoms with Crippen LogP contribution >= 0.6 is 8.25 Å². The van der Waals surface area contributed by atoms with E-state index in [1.54, 1.807) is 0 Å². The number of unbranched alkanes of at least 4 members (excludes halogenated alkanes) is 34. The Morgan fingerprint density at radius 3 is 0.614 bits per heavy atom. The molecule has 0 radical (unpaired) electrons. The summed E-state index contributed by atoms with van der Waals surface area (Å²) >= 11 is 0. The lowest BCUT2D eigenvalue weighted by atomic mass is 10.0. The summed E-state index contributed by atoms with van der Waals surface area (Å²) in [7, 11) is -1.92. The van der Waals surface area contributed by atoms with Gasteiger partial charge in [-0.2, -0.15) is 0 Å². The molecular weight excluding hydrogens is 559 g/mol. The van der Waals surface area contributed by atoms with Gasteiger partial charge in [0.2, 0.25) is 0 Å². The highest BCUT2D eigenvalue weighted by molar-refractivity contribution is 7.33. The zero-order chi connectivity index (χ0) is 31.9. The molecule has 264 valence electrons. The van der Waals surface area contributed by atoms with Crippen LogP contribution in [0.15, 0.2) is 0 Å². The first-order valence-electron chi connectivity index (χ1n) is 20.5. The van der Waals surface area contributed by atoms with E-state index in [1.165, 1.54) is 218 Å². The molecule has 4 heteroatoms. The highest BCUT2D eigenvalue weighted by Crippen LogP contribution is 2.25. The lowest BCUT2D eigenvalue weighted by molar-refractivity contribution is 0.218. The molecule has 0 heterocycles. The van der Waals surface area contributed by atoms with E-state index in [-0.39, 0.29) is 0 Å². The third-order valence-corrected chi connectivity index (χ3v) is 10.2. The first-order valence-corrected chi connectivity index (χ1v) is 21.6. The molecule has 0 fully saturated rings. The van der Waals surface area contributed by atoms with Crippen molar-refractivity contribution < 1.29 is 13.6 Å². The molecule has 0 saturated carbocycles. The molecule has 0 spiro atoms. The largest absolute Gasteiger partial charge is 0.697 e. The van der Waals surface area contributed by atoms with Gasteiger partial charge in [-0.05, 0) is 12.8 Å². The minimum atomic E-state index is -1.92. The van der Waals surface area contributed by atoms with E-state index in [9.17, 15) is 4.57 Å². The minimum absolute atomic E-state index is 0.576. The van der Waals surface area contributed by atoms with Gasteiger partial charge in [0.15, 0.2) is 0 Å². The van der Waals surface area contributed by atoms with E-state index in [1.807, 2.05) is 0 Å². The first-order chi connectivity index (χ1) is 21.8. The van der Waals surface area contributed by atoms with Gasteiger partial charge in [-0.3, -0.25) is 0 Å². The Labute approximate surface area is 279 Å². The van der Waals surface area contributed by atoms with Crippen molar-refractivity contribution in [1.29, 1.82) is 0 Å². The van der Waals surface area contributed by atoms with Crippen LogP contribution in [0.2, 0.25) is 0 Å². The van der Waals surface area contributed by atoms with Gasteiger partial charge in [-0.1, -0.05) is 232 Å². The number of hydrogen-bond donors (Lipinski definition) is 0. The van der Waals surface area contributed by atoms with Gasteiger partial charge < -0.3 is 0 Å². The second-order valence-corrected chi connectivity index (χ2v) is 14.9. The molecule has 44 heavy (non-hydrogen) atoms. The summed E-state index contributed by atoms with van der Waals surface area (Å²) in [5.41, 5.74) is 0. The maximum atomic E-state index is 11.9. The van der Waals surface area contributed by atoms with Crippen LogP contribution in [0.5, 0.6) is 0 Å². The number of rotatable bonds is 40. The van der Waals surface area contributed by atoms with E-state index in [4.69, 9.17) is 9.05 Å². The fourth-order valence-electron chi connectivity index (χ4n) is 6.32. The Bertz CT molecular complexity index is 483. The summed E-state index contributed by atoms with van der Waals surface area (Å²) < 4.78 is 22.7. The van der Waals surface area contributed by atoms with Crippen LogP contribution in [-0.4, -0.2) is 13.2 Å². The van der Waals surface area contributed by atoms with Crippen LogP contribution in [-0.2, 0) is 13.6 Å². The third kappa shape index (κ3) is 40.0. The molecule has 0 aliphatic rings. The van der Waals surface area contributed by atoms with Crippen molar-refractivity contribution in [3.63, 3.8) is 0 Å². The average Bonchev–Trinajstić information content (AvgIpc) is 3.03. The monoisotopic (exact) mass is 642 g/mol. The topological polar surface area (TPSA) is 35.5 Å². The zero-order valence-corrected chi connectivity index (χ0v) is 31.4. The Kier molecular flexibility index (Phi) is 41.1. The summed E-state index contributed by atoms with van der Waals surface area (Å²) in [4.78, 5) is 0. The van der Waals surface area contributed by atoms with Crippen LogP contribution in [0, 0.1) is 0 Å². The van der Waals surface area contributed by atoms with Crippen LogP contribution in [0.25, 0.3) is 0 Å². The van der Waals surface area contributed by atoms with Gasteiger partial charge in [0.25, 0.3) is 0 Å². The maximum absolute atomic E-state index is 11.9. The Morgan fingerprint density at radius 2 is 0.432 bits per heavy atom. The smallest absolute Gasteiger partial charge is 0.119 e. The highest BCUT2D eigenvalue weighted by Gasteiger charge is 2.18. The Morgan fingerprint density at radius 1 is 0.273 bits per heavy atom. The summed E-state index contributed by atoms with van der Waals surface area (Å²) in [6.45, 7) is 5.74. The van der Waals surface area contributed by atoms with E-state index in [0.29, 0.717) is 13.2 Å². The number of hydrogen-bond acceptors (Lipinski definition) is 3. The molecule has 0 unspecified atom stereocenters. The molecule has 0 amide bonds. The van der Waals surface area contributed by atoms with E-state index >= 15 is 0 Å².